The summed E-state index contributed by atoms with van der Waals surface area (Å²) in [6.07, 6.45) is -0.941. The number of hydrogen-bond donors (Lipinski definition) is 0. The average Bonchev–Trinajstić information content (AvgIpc) is 3.40. The van der Waals surface area contributed by atoms with Crippen molar-refractivity contribution in [3.63, 3.8) is 0 Å². The number of nitrogens with zero attached hydrogens (tertiary/aromatic N) is 1. The van der Waals surface area contributed by atoms with Crippen LogP contribution in [0.15, 0.2) is 81.7 Å². The molecule has 2 heterocycles. The quantitative estimate of drug-likeness (QED) is 0.318. The molecule has 6 rings (SSSR count). The van der Waals surface area contributed by atoms with E-state index in [4.69, 9.17) is 4.74 Å². The molecule has 2 fully saturated rings. The predicted octanol–water partition coefficient (Wildman–Crippen LogP) is 4.91. The van der Waals surface area contributed by atoms with E-state index in [-0.39, 0.29) is 11.1 Å². The summed E-state index contributed by atoms with van der Waals surface area (Å²) in [4.78, 5) is 56.2. The minimum atomic E-state index is -2.07. The van der Waals surface area contributed by atoms with Crippen molar-refractivity contribution in [2.75, 3.05) is 4.90 Å². The number of ketones is 2. The van der Waals surface area contributed by atoms with Crippen molar-refractivity contribution in [2.45, 2.75) is 11.7 Å². The van der Waals surface area contributed by atoms with E-state index in [9.17, 15) is 19.2 Å². The molecule has 3 aromatic carbocycles. The van der Waals surface area contributed by atoms with Gasteiger partial charge < -0.3 is 4.74 Å². The van der Waals surface area contributed by atoms with Crippen LogP contribution in [0.5, 0.6) is 0 Å². The molecule has 2 amide bonds. The molecule has 0 N–H and O–H groups in total. The number of benzene rings is 3. The van der Waals surface area contributed by atoms with Crippen molar-refractivity contribution in [3.05, 3.63) is 98.4 Å². The fourth-order valence-electron chi connectivity index (χ4n) is 5.34. The molecule has 0 saturated carbocycles. The van der Waals surface area contributed by atoms with Crippen LogP contribution in [0.4, 0.5) is 5.69 Å². The Kier molecular flexibility index (Phi) is 4.78. The van der Waals surface area contributed by atoms with Gasteiger partial charge in [-0.3, -0.25) is 19.2 Å². The third kappa shape index (κ3) is 2.70. The lowest BCUT2D eigenvalue weighted by atomic mass is 9.77. The first kappa shape index (κ1) is 21.6. The van der Waals surface area contributed by atoms with Gasteiger partial charge in [-0.15, -0.1) is 0 Å². The Labute approximate surface area is 211 Å². The summed E-state index contributed by atoms with van der Waals surface area (Å²) in [7, 11) is 0. The number of imide groups is 1. The highest BCUT2D eigenvalue weighted by molar-refractivity contribution is 9.10. The summed E-state index contributed by atoms with van der Waals surface area (Å²) in [5, 5.41) is 0. The van der Waals surface area contributed by atoms with Crippen molar-refractivity contribution in [1.82, 2.24) is 0 Å². The predicted molar refractivity (Wildman–Crippen MR) is 129 cm³/mol. The minimum Gasteiger partial charge on any atom is -0.349 e. The van der Waals surface area contributed by atoms with E-state index in [0.717, 1.165) is 9.37 Å². The first-order valence-electron chi connectivity index (χ1n) is 10.6. The normalized spacial score (nSPS) is 24.8. The van der Waals surface area contributed by atoms with Gasteiger partial charge in [0.05, 0.1) is 23.6 Å². The van der Waals surface area contributed by atoms with Crippen molar-refractivity contribution >= 4 is 60.9 Å². The Morgan fingerprint density at radius 3 is 1.94 bits per heavy atom. The standard InChI is InChI=1S/C26H15Br2NO5/c27-14-11-9-13(10-12-14)21-19-20(25(33)29(24(19)32)18-8-4-3-7-17(18)28)26(34-21)22(30)15-5-1-2-6-16(15)23(26)31/h1-12,19-21H/t19-,20-,21-/m0/s1. The summed E-state index contributed by atoms with van der Waals surface area (Å²) in [6.45, 7) is 0. The number of carbonyl (C=O) groups excluding carboxylic acids is 4. The Morgan fingerprint density at radius 1 is 0.735 bits per heavy atom. The average molecular weight is 581 g/mol. The molecule has 0 radical (unpaired) electrons. The van der Waals surface area contributed by atoms with Gasteiger partial charge in [0, 0.05) is 20.1 Å². The molecule has 2 aliphatic heterocycles. The van der Waals surface area contributed by atoms with Crippen LogP contribution in [0, 0.1) is 11.8 Å². The molecule has 1 spiro atoms. The van der Waals surface area contributed by atoms with Crippen molar-refractivity contribution in [2.24, 2.45) is 11.8 Å². The number of halogens is 2. The third-order valence-corrected chi connectivity index (χ3v) is 8.01. The number of para-hydroxylation sites is 1. The van der Waals surface area contributed by atoms with Crippen LogP contribution < -0.4 is 4.90 Å². The molecule has 3 atom stereocenters. The van der Waals surface area contributed by atoms with Gasteiger partial charge in [-0.05, 0) is 45.8 Å². The molecule has 0 aromatic heterocycles. The molecule has 2 saturated heterocycles. The topological polar surface area (TPSA) is 80.8 Å². The molecule has 1 aliphatic carbocycles. The van der Waals surface area contributed by atoms with E-state index in [1.165, 1.54) is 0 Å². The Balaban J connectivity index is 1.56. The second kappa shape index (κ2) is 7.53. The Morgan fingerprint density at radius 2 is 1.32 bits per heavy atom. The highest BCUT2D eigenvalue weighted by Crippen LogP contribution is 2.58. The third-order valence-electron chi connectivity index (χ3n) is 6.81. The first-order valence-corrected chi connectivity index (χ1v) is 12.2. The van der Waals surface area contributed by atoms with Crippen molar-refractivity contribution < 1.29 is 23.9 Å². The molecule has 34 heavy (non-hydrogen) atoms. The second-order valence-corrected chi connectivity index (χ2v) is 10.3. The van der Waals surface area contributed by atoms with Gasteiger partial charge >= 0.3 is 0 Å². The maximum atomic E-state index is 13.9. The molecule has 168 valence electrons. The fourth-order valence-corrected chi connectivity index (χ4v) is 6.07. The number of carbonyl (C=O) groups is 4. The molecule has 3 aliphatic rings. The lowest BCUT2D eigenvalue weighted by molar-refractivity contribution is -0.127. The monoisotopic (exact) mass is 579 g/mol. The van der Waals surface area contributed by atoms with Gasteiger partial charge in [0.25, 0.3) is 0 Å². The van der Waals surface area contributed by atoms with E-state index in [1.807, 2.05) is 0 Å². The molecule has 8 heteroatoms. The summed E-state index contributed by atoms with van der Waals surface area (Å²) < 4.78 is 7.65. The molecule has 3 aromatic rings. The molecule has 0 bridgehead atoms. The van der Waals surface area contributed by atoms with E-state index >= 15 is 0 Å². The van der Waals surface area contributed by atoms with Gasteiger partial charge in [-0.1, -0.05) is 64.5 Å². The van der Waals surface area contributed by atoms with Crippen LogP contribution in [0.25, 0.3) is 0 Å². The van der Waals surface area contributed by atoms with Gasteiger partial charge in [-0.2, -0.15) is 0 Å². The summed E-state index contributed by atoms with van der Waals surface area (Å²) in [6, 6.07) is 20.4. The zero-order chi connectivity index (χ0) is 23.8. The molecule has 0 unspecified atom stereocenters. The highest BCUT2D eigenvalue weighted by atomic mass is 79.9. The SMILES string of the molecule is O=C1[C@H]2[C@@H](C(=O)N1c1ccccc1Br)C1(O[C@H]2c2ccc(Br)cc2)C(=O)c2ccccc2C1=O. The Hall–Kier alpha value is -2.94. The highest BCUT2D eigenvalue weighted by Gasteiger charge is 2.74. The summed E-state index contributed by atoms with van der Waals surface area (Å²) in [5.74, 6) is -4.55. The number of ether oxygens (including phenoxy) is 1. The van der Waals surface area contributed by atoms with E-state index in [2.05, 4.69) is 31.9 Å². The van der Waals surface area contributed by atoms with Crippen LogP contribution in [-0.4, -0.2) is 29.0 Å². The molecule has 6 nitrogen and oxygen atoms in total. The van der Waals surface area contributed by atoms with Crippen LogP contribution in [-0.2, 0) is 14.3 Å². The maximum absolute atomic E-state index is 13.9. The van der Waals surface area contributed by atoms with Gasteiger partial charge in [0.1, 0.15) is 0 Å². The van der Waals surface area contributed by atoms with E-state index in [0.29, 0.717) is 15.7 Å². The lowest BCUT2D eigenvalue weighted by Gasteiger charge is -2.27. The van der Waals surface area contributed by atoms with Crippen molar-refractivity contribution in [3.8, 4) is 0 Å². The smallest absolute Gasteiger partial charge is 0.241 e. The van der Waals surface area contributed by atoms with Gasteiger partial charge in [0.2, 0.25) is 29.0 Å². The second-order valence-electron chi connectivity index (χ2n) is 8.50. The van der Waals surface area contributed by atoms with E-state index in [1.54, 1.807) is 72.8 Å². The number of anilines is 1. The Bertz CT molecular complexity index is 1380. The zero-order valence-corrected chi connectivity index (χ0v) is 20.6. The molecular weight excluding hydrogens is 566 g/mol. The maximum Gasteiger partial charge on any atom is 0.241 e. The zero-order valence-electron chi connectivity index (χ0n) is 17.4. The molecular formula is C26H15Br2NO5. The van der Waals surface area contributed by atoms with Gasteiger partial charge in [-0.25, -0.2) is 4.90 Å². The minimum absolute atomic E-state index is 0.210. The number of hydrogen-bond acceptors (Lipinski definition) is 5. The first-order chi connectivity index (χ1) is 16.4. The summed E-state index contributed by atoms with van der Waals surface area (Å²) in [5.41, 5.74) is -0.673. The largest absolute Gasteiger partial charge is 0.349 e. The van der Waals surface area contributed by atoms with Crippen LogP contribution in [0.3, 0.4) is 0 Å². The van der Waals surface area contributed by atoms with Crippen LogP contribution in [0.2, 0.25) is 0 Å². The number of amides is 2. The van der Waals surface area contributed by atoms with Crippen LogP contribution in [0.1, 0.15) is 32.4 Å². The number of fused-ring (bicyclic) bond motifs is 3. The number of Topliss-reactive ketones (excluding diaryl/α,β-unsaturated/α-hetero) is 2. The lowest BCUT2D eigenvalue weighted by Crippen LogP contribution is -2.51. The van der Waals surface area contributed by atoms with Crippen LogP contribution >= 0.6 is 31.9 Å². The summed E-state index contributed by atoms with van der Waals surface area (Å²) >= 11 is 6.81. The van der Waals surface area contributed by atoms with E-state index < -0.39 is 46.9 Å². The fraction of sp³-hybridized carbons (Fsp3) is 0.154. The number of rotatable bonds is 2. The van der Waals surface area contributed by atoms with Gasteiger partial charge in [0.15, 0.2) is 0 Å². The van der Waals surface area contributed by atoms with Crippen molar-refractivity contribution in [1.29, 1.82) is 0 Å².